The van der Waals surface area contributed by atoms with Crippen LogP contribution >= 0.6 is 0 Å². The summed E-state index contributed by atoms with van der Waals surface area (Å²) in [4.78, 5) is 0.292. The van der Waals surface area contributed by atoms with Gasteiger partial charge in [0.1, 0.15) is 0 Å². The summed E-state index contributed by atoms with van der Waals surface area (Å²) in [6.07, 6.45) is 0. The molecule has 0 heterocycles. The van der Waals surface area contributed by atoms with Crippen molar-refractivity contribution in [3.8, 4) is 0 Å². The molecule has 0 bridgehead atoms. The number of nitrogens with one attached hydrogen (secondary N) is 1. The monoisotopic (exact) mass is 270 g/mol. The number of nitrogen functional groups attached to an aromatic ring is 1. The molecule has 0 spiro atoms. The summed E-state index contributed by atoms with van der Waals surface area (Å²) < 4.78 is 27.4. The largest absolute Gasteiger partial charge is 0.398 e. The molecule has 0 unspecified atom stereocenters. The van der Waals surface area contributed by atoms with Crippen LogP contribution in [0.1, 0.15) is 37.5 Å². The van der Waals surface area contributed by atoms with Crippen molar-refractivity contribution in [2.75, 3.05) is 5.73 Å². The molecule has 18 heavy (non-hydrogen) atoms. The van der Waals surface area contributed by atoms with Crippen LogP contribution in [0.4, 0.5) is 5.69 Å². The Bertz CT molecular complexity index is 570. The van der Waals surface area contributed by atoms with Gasteiger partial charge in [0.25, 0.3) is 0 Å². The van der Waals surface area contributed by atoms with Crippen molar-refractivity contribution in [1.82, 2.24) is 4.72 Å². The highest BCUT2D eigenvalue weighted by Gasteiger charge is 2.26. The first-order valence-electron chi connectivity index (χ1n) is 5.86. The predicted octanol–water partition coefficient (Wildman–Crippen LogP) is 2.27. The van der Waals surface area contributed by atoms with Crippen molar-refractivity contribution >= 4 is 15.7 Å². The topological polar surface area (TPSA) is 72.2 Å². The second kappa shape index (κ2) is 4.55. The molecule has 1 aromatic rings. The highest BCUT2D eigenvalue weighted by molar-refractivity contribution is 7.89. The molecule has 0 radical (unpaired) electrons. The first-order valence-corrected chi connectivity index (χ1v) is 7.34. The molecule has 1 aromatic carbocycles. The second-order valence-electron chi connectivity index (χ2n) is 5.73. The zero-order valence-corrected chi connectivity index (χ0v) is 12.7. The maximum Gasteiger partial charge on any atom is 0.241 e. The zero-order valence-electron chi connectivity index (χ0n) is 11.9. The molecule has 0 fully saturated rings. The smallest absolute Gasteiger partial charge is 0.241 e. The fourth-order valence-electron chi connectivity index (χ4n) is 2.05. The molecule has 0 atom stereocenters. The van der Waals surface area contributed by atoms with Crippen LogP contribution < -0.4 is 10.5 Å². The molecule has 0 saturated carbocycles. The summed E-state index contributed by atoms with van der Waals surface area (Å²) >= 11 is 0. The van der Waals surface area contributed by atoms with Crippen molar-refractivity contribution in [3.05, 3.63) is 22.8 Å². The van der Waals surface area contributed by atoms with Gasteiger partial charge in [-0.2, -0.15) is 0 Å². The summed E-state index contributed by atoms with van der Waals surface area (Å²) in [5.41, 5.74) is 8.18. The van der Waals surface area contributed by atoms with Gasteiger partial charge in [-0.15, -0.1) is 0 Å². The molecule has 5 heteroatoms. The predicted molar refractivity (Wildman–Crippen MR) is 75.1 cm³/mol. The van der Waals surface area contributed by atoms with Crippen LogP contribution in [0, 0.1) is 20.8 Å². The van der Waals surface area contributed by atoms with Gasteiger partial charge in [-0.3, -0.25) is 0 Å². The number of sulfonamides is 1. The van der Waals surface area contributed by atoms with Crippen LogP contribution in [0.3, 0.4) is 0 Å². The Morgan fingerprint density at radius 3 is 2.06 bits per heavy atom. The van der Waals surface area contributed by atoms with Gasteiger partial charge in [-0.25, -0.2) is 13.1 Å². The van der Waals surface area contributed by atoms with Crippen LogP contribution in [-0.4, -0.2) is 14.0 Å². The minimum atomic E-state index is -3.55. The third-order valence-corrected chi connectivity index (χ3v) is 4.72. The molecule has 1 rings (SSSR count). The Morgan fingerprint density at radius 1 is 1.11 bits per heavy atom. The lowest BCUT2D eigenvalue weighted by molar-refractivity contribution is 0.491. The molecule has 3 N–H and O–H groups in total. The van der Waals surface area contributed by atoms with Crippen LogP contribution in [0.2, 0.25) is 0 Å². The third kappa shape index (κ3) is 3.03. The number of aryl methyl sites for hydroxylation is 2. The molecule has 4 nitrogen and oxygen atoms in total. The molecular weight excluding hydrogens is 248 g/mol. The Labute approximate surface area is 110 Å². The van der Waals surface area contributed by atoms with E-state index < -0.39 is 15.6 Å². The van der Waals surface area contributed by atoms with E-state index in [-0.39, 0.29) is 0 Å². The van der Waals surface area contributed by atoms with Crippen molar-refractivity contribution < 1.29 is 8.42 Å². The summed E-state index contributed by atoms with van der Waals surface area (Å²) in [6.45, 7) is 10.8. The van der Waals surface area contributed by atoms with Gasteiger partial charge in [-0.1, -0.05) is 6.07 Å². The van der Waals surface area contributed by atoms with E-state index in [0.29, 0.717) is 16.1 Å². The van der Waals surface area contributed by atoms with Crippen LogP contribution in [0.5, 0.6) is 0 Å². The van der Waals surface area contributed by atoms with Gasteiger partial charge in [0.05, 0.1) is 4.90 Å². The first-order chi connectivity index (χ1) is 7.96. The molecule has 0 aliphatic carbocycles. The van der Waals surface area contributed by atoms with Crippen LogP contribution in [-0.2, 0) is 10.0 Å². The lowest BCUT2D eigenvalue weighted by Crippen LogP contribution is -2.41. The first kappa shape index (κ1) is 15.0. The molecule has 0 aliphatic rings. The van der Waals surface area contributed by atoms with Crippen LogP contribution in [0.15, 0.2) is 11.0 Å². The lowest BCUT2D eigenvalue weighted by Gasteiger charge is -2.23. The van der Waals surface area contributed by atoms with Gasteiger partial charge >= 0.3 is 0 Å². The summed E-state index contributed by atoms with van der Waals surface area (Å²) in [5, 5.41) is 0. The average Bonchev–Trinajstić information content (AvgIpc) is 2.09. The Hall–Kier alpha value is -1.07. The van der Waals surface area contributed by atoms with E-state index in [9.17, 15) is 8.42 Å². The minimum Gasteiger partial charge on any atom is -0.398 e. The summed E-state index contributed by atoms with van der Waals surface area (Å²) in [5.74, 6) is 0. The van der Waals surface area contributed by atoms with Gasteiger partial charge in [0.15, 0.2) is 0 Å². The van der Waals surface area contributed by atoms with E-state index in [0.717, 1.165) is 11.1 Å². The van der Waals surface area contributed by atoms with Crippen molar-refractivity contribution in [3.63, 3.8) is 0 Å². The SMILES string of the molecule is Cc1cc(C)c(S(=O)(=O)NC(C)(C)C)c(C)c1N. The molecule has 102 valence electrons. The lowest BCUT2D eigenvalue weighted by atomic mass is 10.1. The molecule has 0 aliphatic heterocycles. The van der Waals surface area contributed by atoms with Crippen molar-refractivity contribution in [2.45, 2.75) is 52.0 Å². The normalized spacial score (nSPS) is 12.8. The molecule has 0 aromatic heterocycles. The van der Waals surface area contributed by atoms with E-state index in [1.807, 2.05) is 27.7 Å². The average molecular weight is 270 g/mol. The van der Waals surface area contributed by atoms with E-state index >= 15 is 0 Å². The standard InChI is InChI=1S/C13H22N2O2S/c1-8-7-9(2)12(10(3)11(8)14)18(16,17)15-13(4,5)6/h7,15H,14H2,1-6H3. The number of hydrogen-bond acceptors (Lipinski definition) is 3. The highest BCUT2D eigenvalue weighted by atomic mass is 32.2. The molecule has 0 saturated heterocycles. The summed E-state index contributed by atoms with van der Waals surface area (Å²) in [7, 11) is -3.55. The number of rotatable bonds is 2. The Morgan fingerprint density at radius 2 is 1.61 bits per heavy atom. The maximum absolute atomic E-state index is 12.4. The van der Waals surface area contributed by atoms with E-state index in [2.05, 4.69) is 4.72 Å². The van der Waals surface area contributed by atoms with Gasteiger partial charge < -0.3 is 5.73 Å². The minimum absolute atomic E-state index is 0.292. The number of benzene rings is 1. The van der Waals surface area contributed by atoms with Crippen LogP contribution in [0.25, 0.3) is 0 Å². The van der Waals surface area contributed by atoms with E-state index in [4.69, 9.17) is 5.73 Å². The summed E-state index contributed by atoms with van der Waals surface area (Å²) in [6, 6.07) is 1.81. The fraction of sp³-hybridized carbons (Fsp3) is 0.538. The number of anilines is 1. The number of nitrogens with two attached hydrogens (primary N) is 1. The third-order valence-electron chi connectivity index (χ3n) is 2.67. The molecule has 0 amide bonds. The number of hydrogen-bond donors (Lipinski definition) is 2. The van der Waals surface area contributed by atoms with Gasteiger partial charge in [-0.05, 0) is 58.2 Å². The fourth-order valence-corrected chi connectivity index (χ4v) is 3.95. The van der Waals surface area contributed by atoms with Gasteiger partial charge in [0, 0.05) is 11.2 Å². The van der Waals surface area contributed by atoms with Gasteiger partial charge in [0.2, 0.25) is 10.0 Å². The Balaban J connectivity index is 3.48. The van der Waals surface area contributed by atoms with Crippen molar-refractivity contribution in [1.29, 1.82) is 0 Å². The van der Waals surface area contributed by atoms with E-state index in [1.165, 1.54) is 0 Å². The maximum atomic E-state index is 12.4. The second-order valence-corrected chi connectivity index (χ2v) is 7.35. The van der Waals surface area contributed by atoms with E-state index in [1.54, 1.807) is 19.9 Å². The highest BCUT2D eigenvalue weighted by Crippen LogP contribution is 2.28. The zero-order chi connectivity index (χ0) is 14.3. The quantitative estimate of drug-likeness (QED) is 0.810. The Kier molecular flexibility index (Phi) is 3.79. The van der Waals surface area contributed by atoms with Crippen molar-refractivity contribution in [2.24, 2.45) is 0 Å². The molecular formula is C13H22N2O2S.